The molecule has 1 aliphatic rings. The fourth-order valence-electron chi connectivity index (χ4n) is 2.45. The van der Waals surface area contributed by atoms with Gasteiger partial charge >= 0.3 is 0 Å². The zero-order valence-corrected chi connectivity index (χ0v) is 10.9. The lowest BCUT2D eigenvalue weighted by molar-refractivity contribution is 0.111. The quantitative estimate of drug-likeness (QED) is 0.717. The number of rotatable bonds is 4. The minimum atomic E-state index is -0.0892. The van der Waals surface area contributed by atoms with Crippen LogP contribution in [0.25, 0.3) is 0 Å². The summed E-state index contributed by atoms with van der Waals surface area (Å²) in [5.41, 5.74) is 7.51. The summed E-state index contributed by atoms with van der Waals surface area (Å²) in [4.78, 5) is 0. The average molecular weight is 250 g/mol. The van der Waals surface area contributed by atoms with Gasteiger partial charge in [0.1, 0.15) is 5.75 Å². The van der Waals surface area contributed by atoms with E-state index < -0.39 is 0 Å². The molecule has 0 saturated heterocycles. The van der Waals surface area contributed by atoms with Crippen LogP contribution in [0.15, 0.2) is 18.2 Å². The molecule has 0 aliphatic heterocycles. The Balaban J connectivity index is 1.88. The van der Waals surface area contributed by atoms with Gasteiger partial charge in [-0.1, -0.05) is 0 Å². The van der Waals surface area contributed by atoms with E-state index in [1.54, 1.807) is 7.11 Å². The number of benzene rings is 1. The molecule has 1 aliphatic carbocycles. The van der Waals surface area contributed by atoms with Gasteiger partial charge in [0.05, 0.1) is 13.2 Å². The van der Waals surface area contributed by atoms with Gasteiger partial charge in [-0.05, 0) is 37.7 Å². The average Bonchev–Trinajstić information content (AvgIpc) is 2.37. The Kier molecular flexibility index (Phi) is 4.31. The molecule has 0 radical (unpaired) electrons. The van der Waals surface area contributed by atoms with Gasteiger partial charge in [-0.25, -0.2) is 0 Å². The van der Waals surface area contributed by atoms with Gasteiger partial charge < -0.3 is 20.9 Å². The summed E-state index contributed by atoms with van der Waals surface area (Å²) in [6, 6.07) is 5.68. The van der Waals surface area contributed by atoms with E-state index in [1.807, 2.05) is 18.2 Å². The molecule has 4 nitrogen and oxygen atoms in total. The van der Waals surface area contributed by atoms with Crippen molar-refractivity contribution in [1.82, 2.24) is 0 Å². The maximum absolute atomic E-state index is 9.46. The van der Waals surface area contributed by atoms with Crippen molar-refractivity contribution in [3.05, 3.63) is 18.2 Å². The third-order valence-electron chi connectivity index (χ3n) is 3.58. The molecule has 100 valence electrons. The summed E-state index contributed by atoms with van der Waals surface area (Å²) >= 11 is 0. The second-order valence-corrected chi connectivity index (χ2v) is 5.05. The van der Waals surface area contributed by atoms with Crippen LogP contribution in [0.5, 0.6) is 5.75 Å². The van der Waals surface area contributed by atoms with Crippen molar-refractivity contribution in [3.8, 4) is 5.75 Å². The van der Waals surface area contributed by atoms with Crippen molar-refractivity contribution in [2.24, 2.45) is 5.92 Å². The first-order valence-corrected chi connectivity index (χ1v) is 6.54. The highest BCUT2D eigenvalue weighted by Gasteiger charge is 2.18. The van der Waals surface area contributed by atoms with Gasteiger partial charge in [0.2, 0.25) is 0 Å². The van der Waals surface area contributed by atoms with E-state index in [0.717, 1.165) is 43.7 Å². The molecule has 0 heterocycles. The fraction of sp³-hybridized carbons (Fsp3) is 0.571. The van der Waals surface area contributed by atoms with Crippen LogP contribution in [0.1, 0.15) is 25.7 Å². The van der Waals surface area contributed by atoms with Crippen LogP contribution in [-0.4, -0.2) is 24.9 Å². The van der Waals surface area contributed by atoms with Crippen LogP contribution in [0.4, 0.5) is 11.4 Å². The highest BCUT2D eigenvalue weighted by atomic mass is 16.5. The van der Waals surface area contributed by atoms with Gasteiger partial charge in [-0.2, -0.15) is 0 Å². The number of ether oxygens (including phenoxy) is 1. The molecule has 1 fully saturated rings. The number of anilines is 2. The van der Waals surface area contributed by atoms with E-state index in [-0.39, 0.29) is 6.10 Å². The summed E-state index contributed by atoms with van der Waals surface area (Å²) in [5, 5.41) is 12.9. The SMILES string of the molecule is COc1cc(N)cc(NCC2CCC(O)CC2)c1. The van der Waals surface area contributed by atoms with Gasteiger partial charge in [-0.3, -0.25) is 0 Å². The number of hydrogen-bond donors (Lipinski definition) is 3. The molecule has 0 unspecified atom stereocenters. The monoisotopic (exact) mass is 250 g/mol. The van der Waals surface area contributed by atoms with Crippen LogP contribution in [0, 0.1) is 5.92 Å². The van der Waals surface area contributed by atoms with Crippen molar-refractivity contribution in [1.29, 1.82) is 0 Å². The summed E-state index contributed by atoms with van der Waals surface area (Å²) in [6.07, 6.45) is 3.94. The van der Waals surface area contributed by atoms with Crippen LogP contribution in [0.2, 0.25) is 0 Å². The molecule has 1 saturated carbocycles. The molecule has 0 atom stereocenters. The standard InChI is InChI=1S/C14H22N2O2/c1-18-14-7-11(15)6-12(8-14)16-9-10-2-4-13(17)5-3-10/h6-8,10,13,16-17H,2-5,9,15H2,1H3. The van der Waals surface area contributed by atoms with Crippen molar-refractivity contribution in [3.63, 3.8) is 0 Å². The van der Waals surface area contributed by atoms with Crippen molar-refractivity contribution < 1.29 is 9.84 Å². The second kappa shape index (κ2) is 5.96. The zero-order chi connectivity index (χ0) is 13.0. The Bertz CT molecular complexity index is 387. The first-order valence-electron chi connectivity index (χ1n) is 6.54. The lowest BCUT2D eigenvalue weighted by Crippen LogP contribution is -2.23. The highest BCUT2D eigenvalue weighted by Crippen LogP contribution is 2.26. The molecule has 0 amide bonds. The van der Waals surface area contributed by atoms with Crippen LogP contribution in [-0.2, 0) is 0 Å². The molecule has 18 heavy (non-hydrogen) atoms. The molecule has 0 spiro atoms. The number of methoxy groups -OCH3 is 1. The third kappa shape index (κ3) is 3.53. The molecular formula is C14H22N2O2. The van der Waals surface area contributed by atoms with E-state index in [4.69, 9.17) is 10.5 Å². The van der Waals surface area contributed by atoms with E-state index in [1.165, 1.54) is 0 Å². The first kappa shape index (κ1) is 13.0. The Hall–Kier alpha value is -1.42. The van der Waals surface area contributed by atoms with E-state index >= 15 is 0 Å². The predicted octanol–water partition coefficient (Wildman–Crippen LogP) is 2.24. The van der Waals surface area contributed by atoms with Gasteiger partial charge in [-0.15, -0.1) is 0 Å². The van der Waals surface area contributed by atoms with Gasteiger partial charge in [0, 0.05) is 30.1 Å². The molecular weight excluding hydrogens is 228 g/mol. The first-order chi connectivity index (χ1) is 8.67. The number of aliphatic hydroxyl groups excluding tert-OH is 1. The van der Waals surface area contributed by atoms with Crippen molar-refractivity contribution in [2.45, 2.75) is 31.8 Å². The number of nitrogen functional groups attached to an aromatic ring is 1. The minimum Gasteiger partial charge on any atom is -0.497 e. The van der Waals surface area contributed by atoms with Crippen molar-refractivity contribution in [2.75, 3.05) is 24.7 Å². The predicted molar refractivity (Wildman–Crippen MR) is 73.9 cm³/mol. The van der Waals surface area contributed by atoms with Gasteiger partial charge in [0.25, 0.3) is 0 Å². The molecule has 4 N–H and O–H groups in total. The lowest BCUT2D eigenvalue weighted by atomic mass is 9.87. The fourth-order valence-corrected chi connectivity index (χ4v) is 2.45. The molecule has 0 bridgehead atoms. The maximum atomic E-state index is 9.46. The molecule has 4 heteroatoms. The van der Waals surface area contributed by atoms with Crippen molar-refractivity contribution >= 4 is 11.4 Å². The topological polar surface area (TPSA) is 67.5 Å². The summed E-state index contributed by atoms with van der Waals surface area (Å²) in [6.45, 7) is 0.930. The number of nitrogens with one attached hydrogen (secondary N) is 1. The number of hydrogen-bond acceptors (Lipinski definition) is 4. The van der Waals surface area contributed by atoms with E-state index in [9.17, 15) is 5.11 Å². The normalized spacial score (nSPS) is 23.7. The Labute approximate surface area is 108 Å². The second-order valence-electron chi connectivity index (χ2n) is 5.05. The molecule has 1 aromatic rings. The lowest BCUT2D eigenvalue weighted by Gasteiger charge is -2.25. The highest BCUT2D eigenvalue weighted by molar-refractivity contribution is 5.59. The Morgan fingerprint density at radius 2 is 2.00 bits per heavy atom. The van der Waals surface area contributed by atoms with Gasteiger partial charge in [0.15, 0.2) is 0 Å². The molecule has 1 aromatic carbocycles. The Morgan fingerprint density at radius 3 is 2.67 bits per heavy atom. The maximum Gasteiger partial charge on any atom is 0.122 e. The third-order valence-corrected chi connectivity index (χ3v) is 3.58. The summed E-state index contributed by atoms with van der Waals surface area (Å²) < 4.78 is 5.19. The smallest absolute Gasteiger partial charge is 0.122 e. The van der Waals surface area contributed by atoms with Crippen LogP contribution >= 0.6 is 0 Å². The molecule has 0 aromatic heterocycles. The van der Waals surface area contributed by atoms with E-state index in [0.29, 0.717) is 11.6 Å². The van der Waals surface area contributed by atoms with Crippen LogP contribution in [0.3, 0.4) is 0 Å². The minimum absolute atomic E-state index is 0.0892. The van der Waals surface area contributed by atoms with E-state index in [2.05, 4.69) is 5.32 Å². The van der Waals surface area contributed by atoms with Crippen LogP contribution < -0.4 is 15.8 Å². The summed E-state index contributed by atoms with van der Waals surface area (Å²) in [7, 11) is 1.64. The number of nitrogens with two attached hydrogens (primary N) is 1. The zero-order valence-electron chi connectivity index (χ0n) is 10.9. The summed E-state index contributed by atoms with van der Waals surface area (Å²) in [5.74, 6) is 1.41. The number of aliphatic hydroxyl groups is 1. The molecule has 2 rings (SSSR count). The largest absolute Gasteiger partial charge is 0.497 e. The Morgan fingerprint density at radius 1 is 1.28 bits per heavy atom.